The van der Waals surface area contributed by atoms with Crippen molar-refractivity contribution in [2.24, 2.45) is 4.99 Å². The molecule has 1 aliphatic rings. The van der Waals surface area contributed by atoms with Gasteiger partial charge in [-0.25, -0.2) is 0 Å². The normalized spacial score (nSPS) is 18.1. The van der Waals surface area contributed by atoms with Gasteiger partial charge in [0.2, 0.25) is 0 Å². The molecule has 2 nitrogen and oxygen atoms in total. The lowest BCUT2D eigenvalue weighted by atomic mass is 10.6. The molecule has 0 amide bonds. The highest BCUT2D eigenvalue weighted by molar-refractivity contribution is 14.1. The van der Waals surface area contributed by atoms with Crippen molar-refractivity contribution in [3.8, 4) is 0 Å². The Bertz CT molecular complexity index is 117. The lowest BCUT2D eigenvalue weighted by Gasteiger charge is -1.99. The molecule has 0 aliphatic carbocycles. The van der Waals surface area contributed by atoms with E-state index in [2.05, 4.69) is 32.9 Å². The minimum Gasteiger partial charge on any atom is -0.342 e. The van der Waals surface area contributed by atoms with Crippen LogP contribution in [0.2, 0.25) is 0 Å². The molecule has 0 fully saturated rings. The minimum atomic E-state index is 0.825. The lowest BCUT2D eigenvalue weighted by Crippen LogP contribution is -2.09. The van der Waals surface area contributed by atoms with E-state index in [4.69, 9.17) is 0 Å². The standard InChI is InChI=1S/C4H5IN2/c5-4-1-2-6-3-7-4/h1,3H,2H2,(H,6,7). The summed E-state index contributed by atoms with van der Waals surface area (Å²) in [4.78, 5) is 3.91. The van der Waals surface area contributed by atoms with E-state index >= 15 is 0 Å². The molecule has 0 saturated heterocycles. The van der Waals surface area contributed by atoms with E-state index < -0.39 is 0 Å². The summed E-state index contributed by atoms with van der Waals surface area (Å²) < 4.78 is 1.16. The Morgan fingerprint density at radius 1 is 1.86 bits per heavy atom. The van der Waals surface area contributed by atoms with Crippen LogP contribution in [0.3, 0.4) is 0 Å². The van der Waals surface area contributed by atoms with Gasteiger partial charge in [-0.15, -0.1) is 0 Å². The second kappa shape index (κ2) is 2.30. The van der Waals surface area contributed by atoms with Crippen molar-refractivity contribution < 1.29 is 0 Å². The zero-order valence-corrected chi connectivity index (χ0v) is 5.84. The monoisotopic (exact) mass is 208 g/mol. The molecular formula is C4H5IN2. The van der Waals surface area contributed by atoms with Crippen LogP contribution < -0.4 is 5.32 Å². The van der Waals surface area contributed by atoms with E-state index in [0.717, 1.165) is 10.2 Å². The maximum absolute atomic E-state index is 3.91. The minimum absolute atomic E-state index is 0.825. The van der Waals surface area contributed by atoms with Crippen molar-refractivity contribution in [1.29, 1.82) is 0 Å². The molecule has 7 heavy (non-hydrogen) atoms. The van der Waals surface area contributed by atoms with Crippen LogP contribution in [-0.4, -0.2) is 12.9 Å². The Morgan fingerprint density at radius 3 is 3.00 bits per heavy atom. The molecule has 1 rings (SSSR count). The highest BCUT2D eigenvalue weighted by atomic mass is 127. The second-order valence-electron chi connectivity index (χ2n) is 1.19. The van der Waals surface area contributed by atoms with Gasteiger partial charge < -0.3 is 5.32 Å². The number of hydrogen-bond acceptors (Lipinski definition) is 2. The van der Waals surface area contributed by atoms with Gasteiger partial charge in [-0.1, -0.05) is 0 Å². The van der Waals surface area contributed by atoms with Crippen molar-refractivity contribution >= 4 is 28.9 Å². The first-order chi connectivity index (χ1) is 3.39. The van der Waals surface area contributed by atoms with Crippen molar-refractivity contribution in [1.82, 2.24) is 5.32 Å². The number of aliphatic imine (C=N–C) groups is 1. The van der Waals surface area contributed by atoms with E-state index in [1.165, 1.54) is 0 Å². The topological polar surface area (TPSA) is 24.4 Å². The zero-order chi connectivity index (χ0) is 5.11. The number of halogens is 1. The summed E-state index contributed by atoms with van der Waals surface area (Å²) in [6.45, 7) is 0.825. The van der Waals surface area contributed by atoms with E-state index in [1.54, 1.807) is 6.34 Å². The third-order valence-corrected chi connectivity index (χ3v) is 1.42. The molecule has 0 aromatic carbocycles. The quantitative estimate of drug-likeness (QED) is 0.464. The molecule has 38 valence electrons. The van der Waals surface area contributed by atoms with E-state index in [-0.39, 0.29) is 0 Å². The molecule has 0 aromatic rings. The first-order valence-electron chi connectivity index (χ1n) is 2.00. The third kappa shape index (κ3) is 1.46. The molecular weight excluding hydrogens is 203 g/mol. The predicted octanol–water partition coefficient (Wildman–Crippen LogP) is 0.894. The van der Waals surface area contributed by atoms with Gasteiger partial charge in [0.1, 0.15) is 0 Å². The van der Waals surface area contributed by atoms with Gasteiger partial charge in [-0.2, -0.15) is 0 Å². The Balaban J connectivity index is 2.50. The lowest BCUT2D eigenvalue weighted by molar-refractivity contribution is 1.13. The fourth-order valence-corrected chi connectivity index (χ4v) is 0.688. The number of rotatable bonds is 0. The number of nitrogens with one attached hydrogen (secondary N) is 1. The molecule has 0 bridgehead atoms. The summed E-state index contributed by atoms with van der Waals surface area (Å²) >= 11 is 2.22. The summed E-state index contributed by atoms with van der Waals surface area (Å²) in [5.74, 6) is 0. The Kier molecular flexibility index (Phi) is 1.67. The fourth-order valence-electron chi connectivity index (χ4n) is 0.352. The maximum Gasteiger partial charge on any atom is 0.0875 e. The zero-order valence-electron chi connectivity index (χ0n) is 3.69. The predicted molar refractivity (Wildman–Crippen MR) is 38.6 cm³/mol. The van der Waals surface area contributed by atoms with Crippen LogP contribution in [0, 0.1) is 0 Å². The van der Waals surface area contributed by atoms with E-state index in [9.17, 15) is 0 Å². The smallest absolute Gasteiger partial charge is 0.0875 e. The Hall–Kier alpha value is -0.0600. The maximum atomic E-state index is 3.91. The summed E-state index contributed by atoms with van der Waals surface area (Å²) in [7, 11) is 0. The molecule has 1 N–H and O–H groups in total. The van der Waals surface area contributed by atoms with Crippen LogP contribution in [0.4, 0.5) is 0 Å². The van der Waals surface area contributed by atoms with Crippen molar-refractivity contribution in [2.75, 3.05) is 6.54 Å². The largest absolute Gasteiger partial charge is 0.342 e. The molecule has 0 unspecified atom stereocenters. The Labute approximate surface area is 55.8 Å². The van der Waals surface area contributed by atoms with Crippen LogP contribution in [0.5, 0.6) is 0 Å². The number of nitrogens with zero attached hydrogens (tertiary/aromatic N) is 1. The van der Waals surface area contributed by atoms with E-state index in [0.29, 0.717) is 0 Å². The SMILES string of the molecule is IC1=CCN=CN1. The first kappa shape index (κ1) is 5.08. The molecule has 0 saturated carbocycles. The van der Waals surface area contributed by atoms with Crippen LogP contribution in [-0.2, 0) is 0 Å². The molecule has 0 atom stereocenters. The van der Waals surface area contributed by atoms with Gasteiger partial charge >= 0.3 is 0 Å². The molecule has 1 heterocycles. The van der Waals surface area contributed by atoms with Crippen LogP contribution in [0.1, 0.15) is 0 Å². The van der Waals surface area contributed by atoms with Gasteiger partial charge in [0.15, 0.2) is 0 Å². The summed E-state index contributed by atoms with van der Waals surface area (Å²) in [6, 6.07) is 0. The highest BCUT2D eigenvalue weighted by Gasteiger charge is 1.87. The molecule has 0 aromatic heterocycles. The van der Waals surface area contributed by atoms with Gasteiger partial charge in [-0.3, -0.25) is 4.99 Å². The molecule has 0 radical (unpaired) electrons. The molecule has 3 heteroatoms. The van der Waals surface area contributed by atoms with Gasteiger partial charge in [-0.05, 0) is 28.7 Å². The second-order valence-corrected chi connectivity index (χ2v) is 2.35. The van der Waals surface area contributed by atoms with Gasteiger partial charge in [0, 0.05) is 0 Å². The molecule has 0 spiro atoms. The Morgan fingerprint density at radius 2 is 2.71 bits per heavy atom. The summed E-state index contributed by atoms with van der Waals surface area (Å²) in [5, 5.41) is 2.94. The van der Waals surface area contributed by atoms with Crippen molar-refractivity contribution in [2.45, 2.75) is 0 Å². The van der Waals surface area contributed by atoms with Crippen LogP contribution in [0.25, 0.3) is 0 Å². The highest BCUT2D eigenvalue weighted by Crippen LogP contribution is 2.00. The van der Waals surface area contributed by atoms with Gasteiger partial charge in [0.25, 0.3) is 0 Å². The first-order valence-corrected chi connectivity index (χ1v) is 3.08. The average Bonchev–Trinajstić information content (AvgIpc) is 1.69. The van der Waals surface area contributed by atoms with E-state index in [1.807, 2.05) is 6.08 Å². The van der Waals surface area contributed by atoms with Crippen LogP contribution in [0.15, 0.2) is 14.8 Å². The average molecular weight is 208 g/mol. The van der Waals surface area contributed by atoms with Crippen molar-refractivity contribution in [3.05, 3.63) is 9.78 Å². The van der Waals surface area contributed by atoms with Crippen LogP contribution >= 0.6 is 22.6 Å². The summed E-state index contributed by atoms with van der Waals surface area (Å²) in [6.07, 6.45) is 3.74. The van der Waals surface area contributed by atoms with Crippen molar-refractivity contribution in [3.63, 3.8) is 0 Å². The molecule has 1 aliphatic heterocycles. The fraction of sp³-hybridized carbons (Fsp3) is 0.250. The third-order valence-electron chi connectivity index (χ3n) is 0.670. The summed E-state index contributed by atoms with van der Waals surface area (Å²) in [5.41, 5.74) is 0. The number of hydrogen-bond donors (Lipinski definition) is 1. The van der Waals surface area contributed by atoms with Gasteiger partial charge in [0.05, 0.1) is 16.6 Å².